The topological polar surface area (TPSA) is 64.1 Å². The molecule has 0 radical (unpaired) electrons. The van der Waals surface area contributed by atoms with Crippen molar-refractivity contribution in [3.8, 4) is 5.75 Å². The molecule has 1 amide bonds. The number of halogens is 1. The summed E-state index contributed by atoms with van der Waals surface area (Å²) in [5.41, 5.74) is 0. The molecule has 124 valence electrons. The number of nitrogens with one attached hydrogen (secondary N) is 1. The molecule has 1 heterocycles. The van der Waals surface area contributed by atoms with E-state index in [1.807, 2.05) is 6.92 Å². The maximum atomic E-state index is 12.3. The molecule has 5 nitrogen and oxygen atoms in total. The van der Waals surface area contributed by atoms with E-state index in [0.29, 0.717) is 27.6 Å². The summed E-state index contributed by atoms with van der Waals surface area (Å²) in [6.45, 7) is 6.04. The Bertz CT molecular complexity index is 664. The van der Waals surface area contributed by atoms with Crippen LogP contribution >= 0.6 is 34.7 Å². The van der Waals surface area contributed by atoms with E-state index in [4.69, 9.17) is 16.3 Å². The summed E-state index contributed by atoms with van der Waals surface area (Å²) >= 11 is 8.90. The minimum Gasteiger partial charge on any atom is -0.481 e. The summed E-state index contributed by atoms with van der Waals surface area (Å²) in [7, 11) is 0. The lowest BCUT2D eigenvalue weighted by Crippen LogP contribution is -2.32. The Morgan fingerprint density at radius 2 is 2.22 bits per heavy atom. The summed E-state index contributed by atoms with van der Waals surface area (Å²) in [5, 5.41) is 12.3. The zero-order chi connectivity index (χ0) is 16.8. The number of hydrogen-bond acceptors (Lipinski definition) is 6. The van der Waals surface area contributed by atoms with Crippen LogP contribution in [-0.2, 0) is 4.79 Å². The van der Waals surface area contributed by atoms with Gasteiger partial charge in [-0.15, -0.1) is 10.2 Å². The van der Waals surface area contributed by atoms with Crippen molar-refractivity contribution in [3.63, 3.8) is 0 Å². The molecule has 0 aliphatic heterocycles. The van der Waals surface area contributed by atoms with Gasteiger partial charge in [-0.05, 0) is 24.6 Å². The number of anilines is 1. The van der Waals surface area contributed by atoms with E-state index in [1.165, 1.54) is 11.3 Å². The smallest absolute Gasteiger partial charge is 0.267 e. The molecule has 1 aromatic heterocycles. The minimum absolute atomic E-state index is 0.246. The van der Waals surface area contributed by atoms with Crippen molar-refractivity contribution in [2.24, 2.45) is 0 Å². The van der Waals surface area contributed by atoms with E-state index >= 15 is 0 Å². The molecule has 0 aliphatic rings. The Labute approximate surface area is 148 Å². The van der Waals surface area contributed by atoms with Crippen LogP contribution in [0.25, 0.3) is 0 Å². The summed E-state index contributed by atoms with van der Waals surface area (Å²) in [6, 6.07) is 6.98. The summed E-state index contributed by atoms with van der Waals surface area (Å²) in [6.07, 6.45) is -0.0799. The highest BCUT2D eigenvalue weighted by Gasteiger charge is 2.20. The van der Waals surface area contributed by atoms with Crippen LogP contribution in [0.2, 0.25) is 5.02 Å². The molecule has 1 aromatic carbocycles. The van der Waals surface area contributed by atoms with Gasteiger partial charge >= 0.3 is 0 Å². The highest BCUT2D eigenvalue weighted by Crippen LogP contribution is 2.28. The van der Waals surface area contributed by atoms with Crippen LogP contribution in [0.3, 0.4) is 0 Å². The Morgan fingerprint density at radius 3 is 2.87 bits per heavy atom. The summed E-state index contributed by atoms with van der Waals surface area (Å²) < 4.78 is 6.54. The van der Waals surface area contributed by atoms with Gasteiger partial charge < -0.3 is 4.74 Å². The van der Waals surface area contributed by atoms with Crippen LogP contribution in [-0.4, -0.2) is 27.5 Å². The van der Waals surface area contributed by atoms with Crippen molar-refractivity contribution in [1.29, 1.82) is 0 Å². The number of carbonyl (C=O) groups is 1. The molecule has 0 aliphatic carbocycles. The standard InChI is InChI=1S/C15H18ClN3O2S2/c1-4-12(21-11-7-5-6-10(16)8-11)13(20)17-14-18-19-15(23-14)22-9(2)3/h5-9,12H,4H2,1-3H3,(H,17,18,20)/t12-/m1/s1. The van der Waals surface area contributed by atoms with Gasteiger partial charge in [-0.25, -0.2) is 0 Å². The number of hydrogen-bond donors (Lipinski definition) is 1. The molecule has 2 aromatic rings. The molecule has 1 N–H and O–H groups in total. The van der Waals surface area contributed by atoms with Gasteiger partial charge in [0.15, 0.2) is 10.4 Å². The zero-order valence-corrected chi connectivity index (χ0v) is 15.5. The van der Waals surface area contributed by atoms with E-state index < -0.39 is 6.10 Å². The summed E-state index contributed by atoms with van der Waals surface area (Å²) in [4.78, 5) is 12.3. The molecular formula is C15H18ClN3O2S2. The number of carbonyl (C=O) groups excluding carboxylic acids is 1. The number of thioether (sulfide) groups is 1. The number of ether oxygens (including phenoxy) is 1. The number of aromatic nitrogens is 2. The van der Waals surface area contributed by atoms with Gasteiger partial charge in [-0.2, -0.15) is 0 Å². The minimum atomic E-state index is -0.612. The second kappa shape index (κ2) is 8.52. The Balaban J connectivity index is 1.98. The molecule has 1 atom stereocenters. The van der Waals surface area contributed by atoms with E-state index in [2.05, 4.69) is 29.4 Å². The molecule has 0 bridgehead atoms. The first-order valence-corrected chi connectivity index (χ1v) is 9.28. The van der Waals surface area contributed by atoms with Crippen molar-refractivity contribution in [1.82, 2.24) is 10.2 Å². The van der Waals surface area contributed by atoms with Gasteiger partial charge in [-0.1, -0.05) is 61.5 Å². The number of nitrogens with zero attached hydrogens (tertiary/aromatic N) is 2. The number of rotatable bonds is 7. The molecule has 2 rings (SSSR count). The Morgan fingerprint density at radius 1 is 1.43 bits per heavy atom. The third-order valence-electron chi connectivity index (χ3n) is 2.71. The molecule has 0 spiro atoms. The van der Waals surface area contributed by atoms with Crippen LogP contribution in [0.5, 0.6) is 5.75 Å². The van der Waals surface area contributed by atoms with Crippen LogP contribution in [0.1, 0.15) is 27.2 Å². The second-order valence-electron chi connectivity index (χ2n) is 5.00. The Hall–Kier alpha value is -1.31. The van der Waals surface area contributed by atoms with Gasteiger partial charge in [0.05, 0.1) is 0 Å². The van der Waals surface area contributed by atoms with Crippen molar-refractivity contribution in [3.05, 3.63) is 29.3 Å². The van der Waals surface area contributed by atoms with Gasteiger partial charge in [-0.3, -0.25) is 10.1 Å². The SMILES string of the molecule is CC[C@@H](Oc1cccc(Cl)c1)C(=O)Nc1nnc(SC(C)C)s1. The maximum Gasteiger partial charge on any atom is 0.267 e. The van der Waals surface area contributed by atoms with Crippen LogP contribution in [0, 0.1) is 0 Å². The third kappa shape index (κ3) is 5.67. The first-order valence-electron chi connectivity index (χ1n) is 7.21. The van der Waals surface area contributed by atoms with Gasteiger partial charge in [0, 0.05) is 10.3 Å². The average Bonchev–Trinajstić information content (AvgIpc) is 2.91. The highest BCUT2D eigenvalue weighted by atomic mass is 35.5. The molecule has 0 unspecified atom stereocenters. The number of benzene rings is 1. The Kier molecular flexibility index (Phi) is 6.68. The summed E-state index contributed by atoms with van der Waals surface area (Å²) in [5.74, 6) is 0.317. The van der Waals surface area contributed by atoms with Gasteiger partial charge in [0.2, 0.25) is 5.13 Å². The first kappa shape index (κ1) is 18.0. The fraction of sp³-hybridized carbons (Fsp3) is 0.400. The molecule has 23 heavy (non-hydrogen) atoms. The van der Waals surface area contributed by atoms with E-state index in [1.54, 1.807) is 36.0 Å². The van der Waals surface area contributed by atoms with Crippen molar-refractivity contribution in [2.75, 3.05) is 5.32 Å². The lowest BCUT2D eigenvalue weighted by atomic mass is 10.2. The average molecular weight is 372 g/mol. The van der Waals surface area contributed by atoms with Crippen LogP contribution < -0.4 is 10.1 Å². The predicted molar refractivity (Wildman–Crippen MR) is 95.7 cm³/mol. The van der Waals surface area contributed by atoms with Crippen LogP contribution in [0.15, 0.2) is 28.6 Å². The molecule has 8 heteroatoms. The third-order valence-corrected chi connectivity index (χ3v) is 4.87. The van der Waals surface area contributed by atoms with Crippen molar-refractivity contribution >= 4 is 45.7 Å². The maximum absolute atomic E-state index is 12.3. The fourth-order valence-corrected chi connectivity index (χ4v) is 3.88. The normalized spacial score (nSPS) is 12.2. The van der Waals surface area contributed by atoms with Crippen molar-refractivity contribution in [2.45, 2.75) is 42.9 Å². The number of amides is 1. The van der Waals surface area contributed by atoms with Crippen LogP contribution in [0.4, 0.5) is 5.13 Å². The van der Waals surface area contributed by atoms with E-state index in [0.717, 1.165) is 4.34 Å². The van der Waals surface area contributed by atoms with E-state index in [-0.39, 0.29) is 5.91 Å². The molecule has 0 saturated heterocycles. The van der Waals surface area contributed by atoms with Gasteiger partial charge in [0.25, 0.3) is 5.91 Å². The molecular weight excluding hydrogens is 354 g/mol. The van der Waals surface area contributed by atoms with E-state index in [9.17, 15) is 4.79 Å². The lowest BCUT2D eigenvalue weighted by Gasteiger charge is -2.16. The quantitative estimate of drug-likeness (QED) is 0.574. The highest BCUT2D eigenvalue weighted by molar-refractivity contribution is 8.01. The monoisotopic (exact) mass is 371 g/mol. The lowest BCUT2D eigenvalue weighted by molar-refractivity contribution is -0.122. The van der Waals surface area contributed by atoms with Crippen molar-refractivity contribution < 1.29 is 9.53 Å². The molecule has 0 fully saturated rings. The first-order chi connectivity index (χ1) is 11.0. The molecule has 0 saturated carbocycles. The second-order valence-corrected chi connectivity index (χ2v) is 8.24. The fourth-order valence-electron chi connectivity index (χ4n) is 1.72. The largest absolute Gasteiger partial charge is 0.481 e. The van der Waals surface area contributed by atoms with Gasteiger partial charge in [0.1, 0.15) is 5.75 Å². The zero-order valence-electron chi connectivity index (χ0n) is 13.1. The predicted octanol–water partition coefficient (Wildman–Crippen LogP) is 4.49.